The molecule has 0 amide bonds. The molecule has 2 N–H and O–H groups in total. The first-order valence-electron chi connectivity index (χ1n) is 6.87. The molecule has 1 saturated heterocycles. The Bertz CT molecular complexity index is 555. The Kier molecular flexibility index (Phi) is 3.42. The summed E-state index contributed by atoms with van der Waals surface area (Å²) in [5.74, 6) is -1.34. The Hall–Kier alpha value is -1.91. The highest BCUT2D eigenvalue weighted by Crippen LogP contribution is 2.24. The number of hydrogen-bond donors (Lipinski definition) is 2. The van der Waals surface area contributed by atoms with Crippen LogP contribution in [-0.2, 0) is 0 Å². The molecule has 1 aromatic carbocycles. The van der Waals surface area contributed by atoms with Gasteiger partial charge in [-0.1, -0.05) is 12.8 Å². The average molecular weight is 278 g/mol. The van der Waals surface area contributed by atoms with Crippen molar-refractivity contribution in [2.45, 2.75) is 37.8 Å². The molecule has 1 aliphatic carbocycles. The van der Waals surface area contributed by atoms with Crippen LogP contribution in [0.1, 0.15) is 36.0 Å². The van der Waals surface area contributed by atoms with E-state index in [1.165, 1.54) is 25.0 Å². The van der Waals surface area contributed by atoms with Crippen molar-refractivity contribution in [3.8, 4) is 0 Å². The summed E-state index contributed by atoms with van der Waals surface area (Å²) in [6.07, 6.45) is 5.88. The van der Waals surface area contributed by atoms with Gasteiger partial charge in [-0.05, 0) is 25.0 Å². The van der Waals surface area contributed by atoms with Gasteiger partial charge in [-0.3, -0.25) is 4.79 Å². The minimum atomic E-state index is -0.831. The fourth-order valence-electron chi connectivity index (χ4n) is 2.90. The fraction of sp³-hybridized carbons (Fsp3) is 0.400. The van der Waals surface area contributed by atoms with E-state index in [1.807, 2.05) is 0 Å². The molecule has 0 aromatic heterocycles. The molecule has 3 rings (SSSR count). The van der Waals surface area contributed by atoms with Crippen LogP contribution >= 0.6 is 0 Å². The van der Waals surface area contributed by atoms with Crippen LogP contribution in [0.25, 0.3) is 0 Å². The maximum atomic E-state index is 13.5. The van der Waals surface area contributed by atoms with Crippen molar-refractivity contribution in [2.24, 2.45) is 0 Å². The zero-order valence-corrected chi connectivity index (χ0v) is 11.0. The van der Waals surface area contributed by atoms with Crippen molar-refractivity contribution in [3.05, 3.63) is 47.3 Å². The van der Waals surface area contributed by atoms with E-state index in [2.05, 4.69) is 10.6 Å². The van der Waals surface area contributed by atoms with E-state index < -0.39 is 17.4 Å². The molecule has 0 unspecified atom stereocenters. The summed E-state index contributed by atoms with van der Waals surface area (Å²) in [7, 11) is 0. The normalized spacial score (nSPS) is 24.6. The molecule has 20 heavy (non-hydrogen) atoms. The lowest BCUT2D eigenvalue weighted by molar-refractivity contribution is 0.104. The molecule has 1 saturated carbocycles. The SMILES string of the molecule is O=C(C=C1N[C@H]2CCCC[C@@H]2N1)c1ccc(F)cc1F. The highest BCUT2D eigenvalue weighted by Gasteiger charge is 2.31. The van der Waals surface area contributed by atoms with E-state index in [1.54, 1.807) is 0 Å². The molecule has 1 aliphatic heterocycles. The van der Waals surface area contributed by atoms with Gasteiger partial charge in [-0.2, -0.15) is 0 Å². The largest absolute Gasteiger partial charge is 0.367 e. The molecule has 0 radical (unpaired) electrons. The van der Waals surface area contributed by atoms with E-state index >= 15 is 0 Å². The van der Waals surface area contributed by atoms with Crippen LogP contribution in [0.5, 0.6) is 0 Å². The average Bonchev–Trinajstić information content (AvgIpc) is 2.80. The van der Waals surface area contributed by atoms with Gasteiger partial charge in [-0.25, -0.2) is 8.78 Å². The molecule has 2 atom stereocenters. The van der Waals surface area contributed by atoms with Crippen LogP contribution in [0, 0.1) is 11.6 Å². The lowest BCUT2D eigenvalue weighted by atomic mass is 9.92. The highest BCUT2D eigenvalue weighted by molar-refractivity contribution is 6.05. The molecule has 2 fully saturated rings. The number of benzene rings is 1. The van der Waals surface area contributed by atoms with Crippen LogP contribution in [0.2, 0.25) is 0 Å². The lowest BCUT2D eigenvalue weighted by Crippen LogP contribution is -2.36. The second kappa shape index (κ2) is 5.23. The topological polar surface area (TPSA) is 41.1 Å². The maximum absolute atomic E-state index is 13.5. The van der Waals surface area contributed by atoms with Crippen LogP contribution in [0.3, 0.4) is 0 Å². The first kappa shape index (κ1) is 13.1. The van der Waals surface area contributed by atoms with Gasteiger partial charge >= 0.3 is 0 Å². The molecule has 1 heterocycles. The van der Waals surface area contributed by atoms with E-state index in [-0.39, 0.29) is 5.56 Å². The highest BCUT2D eigenvalue weighted by atomic mass is 19.1. The molecule has 5 heteroatoms. The van der Waals surface area contributed by atoms with Crippen molar-refractivity contribution in [1.82, 2.24) is 10.6 Å². The summed E-state index contributed by atoms with van der Waals surface area (Å²) in [5, 5.41) is 6.51. The summed E-state index contributed by atoms with van der Waals surface area (Å²) in [5.41, 5.74) is -0.114. The minimum Gasteiger partial charge on any atom is -0.367 e. The van der Waals surface area contributed by atoms with Gasteiger partial charge < -0.3 is 10.6 Å². The van der Waals surface area contributed by atoms with Gasteiger partial charge in [0.25, 0.3) is 0 Å². The maximum Gasteiger partial charge on any atom is 0.192 e. The smallest absolute Gasteiger partial charge is 0.192 e. The van der Waals surface area contributed by atoms with Crippen molar-refractivity contribution < 1.29 is 13.6 Å². The molecule has 106 valence electrons. The molecular weight excluding hydrogens is 262 g/mol. The van der Waals surface area contributed by atoms with E-state index in [0.717, 1.165) is 25.0 Å². The minimum absolute atomic E-state index is 0.114. The van der Waals surface area contributed by atoms with Crippen LogP contribution in [0.4, 0.5) is 8.78 Å². The summed E-state index contributed by atoms with van der Waals surface area (Å²) in [6, 6.07) is 3.68. The number of fused-ring (bicyclic) bond motifs is 1. The van der Waals surface area contributed by atoms with E-state index in [9.17, 15) is 13.6 Å². The monoisotopic (exact) mass is 278 g/mol. The van der Waals surface area contributed by atoms with Gasteiger partial charge in [0, 0.05) is 24.2 Å². The summed E-state index contributed by atoms with van der Waals surface area (Å²) in [4.78, 5) is 12.0. The molecular formula is C15H16F2N2O. The molecule has 0 spiro atoms. The standard InChI is InChI=1S/C15H16F2N2O/c16-9-5-6-10(11(17)7-9)14(20)8-15-18-12-3-1-2-4-13(12)19-15/h5-8,12-13,18-19H,1-4H2/t12-,13-/m0/s1. The zero-order valence-electron chi connectivity index (χ0n) is 11.0. The number of allylic oxidation sites excluding steroid dienone is 1. The Morgan fingerprint density at radius 1 is 1.15 bits per heavy atom. The van der Waals surface area contributed by atoms with Gasteiger partial charge in [0.05, 0.1) is 5.56 Å². The van der Waals surface area contributed by atoms with Gasteiger partial charge in [-0.15, -0.1) is 0 Å². The van der Waals surface area contributed by atoms with Gasteiger partial charge in [0.2, 0.25) is 0 Å². The molecule has 1 aromatic rings. The number of hydrogen-bond acceptors (Lipinski definition) is 3. The predicted molar refractivity (Wildman–Crippen MR) is 71.1 cm³/mol. The van der Waals surface area contributed by atoms with Crippen molar-refractivity contribution >= 4 is 5.78 Å². The second-order valence-electron chi connectivity index (χ2n) is 5.33. The van der Waals surface area contributed by atoms with Gasteiger partial charge in [0.15, 0.2) is 5.78 Å². The molecule has 3 nitrogen and oxygen atoms in total. The third-order valence-corrected chi connectivity index (χ3v) is 3.92. The number of nitrogens with one attached hydrogen (secondary N) is 2. The summed E-state index contributed by atoms with van der Waals surface area (Å²) < 4.78 is 26.4. The van der Waals surface area contributed by atoms with Crippen LogP contribution < -0.4 is 10.6 Å². The zero-order chi connectivity index (χ0) is 14.1. The molecule has 0 bridgehead atoms. The Labute approximate surface area is 116 Å². The lowest BCUT2D eigenvalue weighted by Gasteiger charge is -2.23. The summed E-state index contributed by atoms with van der Waals surface area (Å²) >= 11 is 0. The van der Waals surface area contributed by atoms with E-state index in [4.69, 9.17) is 0 Å². The number of carbonyl (C=O) groups is 1. The predicted octanol–water partition coefficient (Wildman–Crippen LogP) is 2.49. The van der Waals surface area contributed by atoms with Crippen molar-refractivity contribution in [3.63, 3.8) is 0 Å². The number of carbonyl (C=O) groups excluding carboxylic acids is 1. The van der Waals surface area contributed by atoms with E-state index in [0.29, 0.717) is 17.9 Å². The summed E-state index contributed by atoms with van der Waals surface area (Å²) in [6.45, 7) is 0. The third kappa shape index (κ3) is 2.53. The Morgan fingerprint density at radius 3 is 2.40 bits per heavy atom. The first-order valence-corrected chi connectivity index (χ1v) is 6.87. The Morgan fingerprint density at radius 2 is 1.80 bits per heavy atom. The number of ketones is 1. The van der Waals surface area contributed by atoms with Gasteiger partial charge in [0.1, 0.15) is 17.5 Å². The van der Waals surface area contributed by atoms with Crippen LogP contribution in [0.15, 0.2) is 30.1 Å². The fourth-order valence-corrected chi connectivity index (χ4v) is 2.90. The quantitative estimate of drug-likeness (QED) is 0.645. The van der Waals surface area contributed by atoms with Crippen molar-refractivity contribution in [1.29, 1.82) is 0 Å². The van der Waals surface area contributed by atoms with Crippen molar-refractivity contribution in [2.75, 3.05) is 0 Å². The number of halogens is 2. The Balaban J connectivity index is 1.76. The molecule has 2 aliphatic rings. The second-order valence-corrected chi connectivity index (χ2v) is 5.33. The third-order valence-electron chi connectivity index (χ3n) is 3.92. The first-order chi connectivity index (χ1) is 9.63. The number of rotatable bonds is 2. The van der Waals surface area contributed by atoms with Crippen LogP contribution in [-0.4, -0.2) is 17.9 Å².